The van der Waals surface area contributed by atoms with E-state index in [0.717, 1.165) is 17.7 Å². The second-order valence-electron chi connectivity index (χ2n) is 10.2. The molecule has 0 saturated carbocycles. The maximum atomic E-state index is 14.7. The van der Waals surface area contributed by atoms with E-state index in [2.05, 4.69) is 5.32 Å². The lowest BCUT2D eigenvalue weighted by molar-refractivity contribution is -0.132. The SMILES string of the molecule is C[C@@H]1CCC[C@H](N2CC=C(c3c(F)ccc(Cl)c3F)CC2=O)c2cccc(c2)-c2cc(C(=O)O)ccc2NC1=O. The molecule has 6 nitrogen and oxygen atoms in total. The maximum Gasteiger partial charge on any atom is 0.335 e. The molecule has 3 aromatic rings. The summed E-state index contributed by atoms with van der Waals surface area (Å²) in [6, 6.07) is 13.9. The van der Waals surface area contributed by atoms with E-state index >= 15 is 0 Å². The van der Waals surface area contributed by atoms with Crippen molar-refractivity contribution in [3.05, 3.63) is 94.0 Å². The lowest BCUT2D eigenvalue weighted by Crippen LogP contribution is -2.38. The molecule has 0 spiro atoms. The predicted octanol–water partition coefficient (Wildman–Crippen LogP) is 7.10. The Morgan fingerprint density at radius 2 is 1.88 bits per heavy atom. The Morgan fingerprint density at radius 1 is 1.07 bits per heavy atom. The van der Waals surface area contributed by atoms with Crippen molar-refractivity contribution >= 4 is 40.6 Å². The van der Waals surface area contributed by atoms with Crippen LogP contribution in [-0.2, 0) is 9.59 Å². The highest BCUT2D eigenvalue weighted by Gasteiger charge is 2.31. The van der Waals surface area contributed by atoms with E-state index in [1.165, 1.54) is 12.1 Å². The number of carbonyl (C=O) groups is 3. The normalized spacial score (nSPS) is 19.6. The minimum Gasteiger partial charge on any atom is -0.478 e. The molecular formula is C31H27ClF2N2O4. The Bertz CT molecular complexity index is 1550. The minimum atomic E-state index is -1.09. The van der Waals surface area contributed by atoms with Crippen LogP contribution in [0.15, 0.2) is 60.7 Å². The number of anilines is 1. The molecule has 0 aliphatic carbocycles. The van der Waals surface area contributed by atoms with Gasteiger partial charge in [-0.05, 0) is 65.9 Å². The summed E-state index contributed by atoms with van der Waals surface area (Å²) < 4.78 is 29.2. The van der Waals surface area contributed by atoms with Crippen LogP contribution in [0.2, 0.25) is 5.02 Å². The second-order valence-corrected chi connectivity index (χ2v) is 10.6. The zero-order valence-corrected chi connectivity index (χ0v) is 22.5. The van der Waals surface area contributed by atoms with E-state index in [-0.39, 0.29) is 58.5 Å². The summed E-state index contributed by atoms with van der Waals surface area (Å²) in [4.78, 5) is 39.8. The van der Waals surface area contributed by atoms with Gasteiger partial charge in [0.2, 0.25) is 11.8 Å². The number of carboxylic acids is 1. The first-order valence-corrected chi connectivity index (χ1v) is 13.4. The first kappa shape index (κ1) is 27.5. The van der Waals surface area contributed by atoms with Crippen molar-refractivity contribution in [3.8, 4) is 11.1 Å². The Morgan fingerprint density at radius 3 is 2.62 bits per heavy atom. The van der Waals surface area contributed by atoms with Crippen molar-refractivity contribution in [2.45, 2.75) is 38.6 Å². The average molecular weight is 565 g/mol. The summed E-state index contributed by atoms with van der Waals surface area (Å²) in [6.45, 7) is 1.97. The van der Waals surface area contributed by atoms with E-state index in [1.807, 2.05) is 31.2 Å². The van der Waals surface area contributed by atoms with Crippen LogP contribution in [0.25, 0.3) is 16.7 Å². The lowest BCUT2D eigenvalue weighted by atomic mass is 9.90. The summed E-state index contributed by atoms with van der Waals surface area (Å²) >= 11 is 5.88. The smallest absolute Gasteiger partial charge is 0.335 e. The Labute approximate surface area is 235 Å². The molecule has 3 aromatic carbocycles. The first-order valence-electron chi connectivity index (χ1n) is 13.0. The zero-order chi connectivity index (χ0) is 28.6. The van der Waals surface area contributed by atoms with Crippen LogP contribution in [0.1, 0.15) is 60.1 Å². The molecule has 0 saturated heterocycles. The molecular weight excluding hydrogens is 538 g/mol. The van der Waals surface area contributed by atoms with Gasteiger partial charge in [-0.25, -0.2) is 13.6 Å². The maximum absolute atomic E-state index is 14.7. The molecule has 2 amide bonds. The second kappa shape index (κ2) is 11.2. The summed E-state index contributed by atoms with van der Waals surface area (Å²) in [5.74, 6) is -3.53. The number of hydrogen-bond acceptors (Lipinski definition) is 3. The van der Waals surface area contributed by atoms with Crippen LogP contribution >= 0.6 is 11.6 Å². The van der Waals surface area contributed by atoms with Gasteiger partial charge in [0.05, 0.1) is 28.6 Å². The van der Waals surface area contributed by atoms with Gasteiger partial charge in [-0.15, -0.1) is 0 Å². The molecule has 9 heteroatoms. The number of halogens is 3. The van der Waals surface area contributed by atoms with Crippen LogP contribution in [0.5, 0.6) is 0 Å². The third-order valence-electron chi connectivity index (χ3n) is 7.61. The van der Waals surface area contributed by atoms with Crippen LogP contribution < -0.4 is 5.32 Å². The van der Waals surface area contributed by atoms with Crippen LogP contribution in [0.3, 0.4) is 0 Å². The number of rotatable bonds is 3. The fourth-order valence-corrected chi connectivity index (χ4v) is 5.56. The van der Waals surface area contributed by atoms with Crippen LogP contribution in [-0.4, -0.2) is 34.3 Å². The van der Waals surface area contributed by atoms with Crippen molar-refractivity contribution in [2.24, 2.45) is 5.92 Å². The zero-order valence-electron chi connectivity index (χ0n) is 21.7. The van der Waals surface area contributed by atoms with E-state index in [0.29, 0.717) is 36.1 Å². The van der Waals surface area contributed by atoms with Gasteiger partial charge in [0.25, 0.3) is 0 Å². The monoisotopic (exact) mass is 564 g/mol. The highest BCUT2D eigenvalue weighted by molar-refractivity contribution is 6.31. The molecule has 206 valence electrons. The quantitative estimate of drug-likeness (QED) is 0.332. The molecule has 2 aliphatic heterocycles. The van der Waals surface area contributed by atoms with Gasteiger partial charge in [-0.2, -0.15) is 0 Å². The van der Waals surface area contributed by atoms with Gasteiger partial charge in [0.1, 0.15) is 5.82 Å². The number of amides is 2. The first-order chi connectivity index (χ1) is 19.1. The van der Waals surface area contributed by atoms with Crippen molar-refractivity contribution in [1.82, 2.24) is 4.90 Å². The highest BCUT2D eigenvalue weighted by atomic mass is 35.5. The molecule has 2 heterocycles. The fourth-order valence-electron chi connectivity index (χ4n) is 5.41. The predicted molar refractivity (Wildman–Crippen MR) is 149 cm³/mol. The number of nitrogens with zero attached hydrogens (tertiary/aromatic N) is 1. The molecule has 0 fully saturated rings. The number of carbonyl (C=O) groups excluding carboxylic acids is 2. The van der Waals surface area contributed by atoms with Gasteiger partial charge in [-0.1, -0.05) is 49.2 Å². The average Bonchev–Trinajstić information content (AvgIpc) is 2.93. The van der Waals surface area contributed by atoms with Crippen LogP contribution in [0, 0.1) is 17.6 Å². The van der Waals surface area contributed by atoms with Crippen molar-refractivity contribution < 1.29 is 28.3 Å². The molecule has 2 atom stereocenters. The van der Waals surface area contributed by atoms with Crippen molar-refractivity contribution in [2.75, 3.05) is 11.9 Å². The van der Waals surface area contributed by atoms with Gasteiger partial charge in [0.15, 0.2) is 5.82 Å². The summed E-state index contributed by atoms with van der Waals surface area (Å²) in [6.07, 6.45) is 3.27. The van der Waals surface area contributed by atoms with E-state index in [9.17, 15) is 28.3 Å². The standard InChI is InChI=1S/C31H27ClF2N2O4/c1-17-4-2-7-26(36-13-12-20(16-27(36)37)28-24(33)10-9-23(32)29(28)34)19-6-3-5-18(14-19)22-15-21(31(39)40)8-11-25(22)35-30(17)38/h3,5-6,8-12,14-15,17,26H,2,4,7,13,16H2,1H3,(H,35,38)(H,39,40)/t17-,26+/m1/s1. The van der Waals surface area contributed by atoms with Crippen molar-refractivity contribution in [1.29, 1.82) is 0 Å². The largest absolute Gasteiger partial charge is 0.478 e. The molecule has 0 radical (unpaired) electrons. The van der Waals surface area contributed by atoms with Crippen LogP contribution in [0.4, 0.5) is 14.5 Å². The molecule has 2 N–H and O–H groups in total. The Balaban J connectivity index is 1.55. The van der Waals surface area contributed by atoms with Gasteiger partial charge >= 0.3 is 5.97 Å². The highest BCUT2D eigenvalue weighted by Crippen LogP contribution is 2.38. The topological polar surface area (TPSA) is 86.7 Å². The molecule has 2 bridgehead atoms. The van der Waals surface area contributed by atoms with Gasteiger partial charge in [0, 0.05) is 23.7 Å². The van der Waals surface area contributed by atoms with Gasteiger partial charge in [-0.3, -0.25) is 9.59 Å². The number of carboxylic acid groups (broad SMARTS) is 1. The van der Waals surface area contributed by atoms with Crippen molar-refractivity contribution in [3.63, 3.8) is 0 Å². The number of aromatic carboxylic acids is 1. The Kier molecular flexibility index (Phi) is 7.72. The summed E-state index contributed by atoms with van der Waals surface area (Å²) in [5.41, 5.74) is 2.64. The summed E-state index contributed by atoms with van der Waals surface area (Å²) in [5, 5.41) is 12.3. The molecule has 2 aliphatic rings. The molecule has 40 heavy (non-hydrogen) atoms. The number of nitrogens with one attached hydrogen (secondary N) is 1. The van der Waals surface area contributed by atoms with E-state index < -0.39 is 17.6 Å². The van der Waals surface area contributed by atoms with Gasteiger partial charge < -0.3 is 15.3 Å². The van der Waals surface area contributed by atoms with E-state index in [4.69, 9.17) is 11.6 Å². The third kappa shape index (κ3) is 5.36. The minimum absolute atomic E-state index is 0.0828. The lowest BCUT2D eigenvalue weighted by Gasteiger charge is -2.35. The number of benzene rings is 3. The number of fused-ring (bicyclic) bond motifs is 4. The fraction of sp³-hybridized carbons (Fsp3) is 0.258. The number of hydrogen-bond donors (Lipinski definition) is 2. The molecule has 5 rings (SSSR count). The molecule has 0 aromatic heterocycles. The molecule has 0 unspecified atom stereocenters. The Hall–Kier alpha value is -4.04. The summed E-state index contributed by atoms with van der Waals surface area (Å²) in [7, 11) is 0. The third-order valence-corrected chi connectivity index (χ3v) is 7.90. The van der Waals surface area contributed by atoms with E-state index in [1.54, 1.807) is 17.0 Å².